The first-order valence-electron chi connectivity index (χ1n) is 5.51. The Hall–Kier alpha value is -1.72. The van der Waals surface area contributed by atoms with Crippen molar-refractivity contribution in [2.75, 3.05) is 0 Å². The van der Waals surface area contributed by atoms with E-state index in [-0.39, 0.29) is 24.5 Å². The second-order valence-electron chi connectivity index (χ2n) is 4.28. The summed E-state index contributed by atoms with van der Waals surface area (Å²) in [4.78, 5) is 11.9. The van der Waals surface area contributed by atoms with Crippen molar-refractivity contribution >= 4 is 5.78 Å². The minimum atomic E-state index is -5.68. The van der Waals surface area contributed by atoms with Crippen molar-refractivity contribution in [3.8, 4) is 0 Å². The number of halogens is 5. The monoisotopic (exact) mass is 276 g/mol. The number of fused-ring (bicyclic) bond motifs is 1. The third-order valence-corrected chi connectivity index (χ3v) is 2.95. The minimum absolute atomic E-state index is 0.110. The van der Waals surface area contributed by atoms with E-state index in [1.807, 2.05) is 0 Å². The third kappa shape index (κ3) is 2.52. The molecule has 6 heteroatoms. The highest BCUT2D eigenvalue weighted by Gasteiger charge is 2.56. The van der Waals surface area contributed by atoms with E-state index < -0.39 is 23.5 Å². The lowest BCUT2D eigenvalue weighted by molar-refractivity contribution is -0.259. The molecule has 2 rings (SSSR count). The summed E-state index contributed by atoms with van der Waals surface area (Å²) in [5.74, 6) is -5.74. The zero-order valence-corrected chi connectivity index (χ0v) is 9.60. The van der Waals surface area contributed by atoms with Crippen molar-refractivity contribution in [3.05, 3.63) is 47.0 Å². The van der Waals surface area contributed by atoms with Gasteiger partial charge in [0, 0.05) is 17.2 Å². The highest BCUT2D eigenvalue weighted by molar-refractivity contribution is 6.10. The quantitative estimate of drug-likeness (QED) is 0.561. The zero-order chi connectivity index (χ0) is 14.3. The van der Waals surface area contributed by atoms with Gasteiger partial charge in [0.1, 0.15) is 0 Å². The van der Waals surface area contributed by atoms with Crippen molar-refractivity contribution in [3.63, 3.8) is 0 Å². The number of alkyl halides is 5. The van der Waals surface area contributed by atoms with Gasteiger partial charge in [-0.05, 0) is 18.4 Å². The molecule has 0 heterocycles. The van der Waals surface area contributed by atoms with E-state index in [1.54, 1.807) is 18.2 Å². The third-order valence-electron chi connectivity index (χ3n) is 2.95. The van der Waals surface area contributed by atoms with E-state index >= 15 is 0 Å². The molecule has 19 heavy (non-hydrogen) atoms. The Morgan fingerprint density at radius 3 is 2.26 bits per heavy atom. The number of allylic oxidation sites excluding steroid dienone is 2. The first-order chi connectivity index (χ1) is 8.72. The Balaban J connectivity index is 2.38. The van der Waals surface area contributed by atoms with Crippen LogP contribution in [0.4, 0.5) is 22.0 Å². The molecular weight excluding hydrogens is 267 g/mol. The van der Waals surface area contributed by atoms with Crippen molar-refractivity contribution in [2.45, 2.75) is 24.9 Å². The molecule has 1 aromatic carbocycles. The van der Waals surface area contributed by atoms with Gasteiger partial charge in [-0.3, -0.25) is 4.79 Å². The number of carbonyl (C=O) groups is 1. The van der Waals surface area contributed by atoms with Gasteiger partial charge in [-0.25, -0.2) is 0 Å². The summed E-state index contributed by atoms with van der Waals surface area (Å²) in [5, 5.41) is 0. The number of rotatable bonds is 1. The molecule has 1 aliphatic rings. The van der Waals surface area contributed by atoms with Crippen LogP contribution in [0.3, 0.4) is 0 Å². The molecule has 0 aliphatic heterocycles. The Kier molecular flexibility index (Phi) is 3.20. The summed E-state index contributed by atoms with van der Waals surface area (Å²) in [6.07, 6.45) is -5.77. The van der Waals surface area contributed by atoms with E-state index in [2.05, 4.69) is 0 Å². The molecule has 0 unspecified atom stereocenters. The molecule has 1 nitrogen and oxygen atoms in total. The Morgan fingerprint density at radius 1 is 1.00 bits per heavy atom. The van der Waals surface area contributed by atoms with Gasteiger partial charge < -0.3 is 0 Å². The SMILES string of the molecule is O=C1/C(=C/C(F)(F)C(F)(F)F)CCc2ccccc21. The summed E-state index contributed by atoms with van der Waals surface area (Å²) in [6.45, 7) is 0. The number of ketones is 1. The van der Waals surface area contributed by atoms with Crippen LogP contribution in [0.15, 0.2) is 35.9 Å². The Labute approximate surface area is 105 Å². The molecule has 0 aromatic heterocycles. The average molecular weight is 276 g/mol. The van der Waals surface area contributed by atoms with Crippen LogP contribution in [0.25, 0.3) is 0 Å². The van der Waals surface area contributed by atoms with Gasteiger partial charge in [-0.2, -0.15) is 22.0 Å². The molecule has 0 N–H and O–H groups in total. The summed E-state index contributed by atoms with van der Waals surface area (Å²) in [5.41, 5.74) is 0.374. The smallest absolute Gasteiger partial charge is 0.289 e. The molecule has 0 saturated carbocycles. The van der Waals surface area contributed by atoms with Crippen LogP contribution in [0.2, 0.25) is 0 Å². The van der Waals surface area contributed by atoms with Crippen LogP contribution in [0.1, 0.15) is 22.3 Å². The van der Waals surface area contributed by atoms with Crippen molar-refractivity contribution in [1.29, 1.82) is 0 Å². The van der Waals surface area contributed by atoms with Gasteiger partial charge >= 0.3 is 12.1 Å². The molecule has 0 bridgehead atoms. The van der Waals surface area contributed by atoms with Crippen LogP contribution >= 0.6 is 0 Å². The predicted molar refractivity (Wildman–Crippen MR) is 58.2 cm³/mol. The van der Waals surface area contributed by atoms with Gasteiger partial charge in [-0.15, -0.1) is 0 Å². The standard InChI is InChI=1S/C13H9F5O/c14-12(15,13(16,17)18)7-9-6-5-8-3-1-2-4-10(8)11(9)19/h1-4,7H,5-6H2/b9-7+. The first-order valence-corrected chi connectivity index (χ1v) is 5.51. The fraction of sp³-hybridized carbons (Fsp3) is 0.308. The largest absolute Gasteiger partial charge is 0.457 e. The van der Waals surface area contributed by atoms with Crippen molar-refractivity contribution in [2.24, 2.45) is 0 Å². The van der Waals surface area contributed by atoms with Crippen LogP contribution in [0, 0.1) is 0 Å². The van der Waals surface area contributed by atoms with E-state index in [9.17, 15) is 26.7 Å². The van der Waals surface area contributed by atoms with Crippen LogP contribution < -0.4 is 0 Å². The average Bonchev–Trinajstić information content (AvgIpc) is 2.31. The number of hydrogen-bond acceptors (Lipinski definition) is 1. The van der Waals surface area contributed by atoms with Gasteiger partial charge in [-0.1, -0.05) is 24.3 Å². The van der Waals surface area contributed by atoms with Crippen LogP contribution in [-0.4, -0.2) is 17.9 Å². The maximum atomic E-state index is 12.9. The first kappa shape index (κ1) is 13.7. The lowest BCUT2D eigenvalue weighted by Gasteiger charge is -2.21. The Bertz CT molecular complexity index is 542. The zero-order valence-electron chi connectivity index (χ0n) is 9.60. The molecule has 0 fully saturated rings. The molecule has 0 saturated heterocycles. The second kappa shape index (κ2) is 4.43. The molecule has 1 aromatic rings. The number of aryl methyl sites for hydroxylation is 1. The number of benzene rings is 1. The molecule has 0 amide bonds. The second-order valence-corrected chi connectivity index (χ2v) is 4.28. The molecular formula is C13H9F5O. The molecule has 0 radical (unpaired) electrons. The van der Waals surface area contributed by atoms with E-state index in [0.717, 1.165) is 0 Å². The van der Waals surface area contributed by atoms with E-state index in [1.165, 1.54) is 6.07 Å². The maximum Gasteiger partial charge on any atom is 0.457 e. The highest BCUT2D eigenvalue weighted by Crippen LogP contribution is 2.38. The Morgan fingerprint density at radius 2 is 1.63 bits per heavy atom. The summed E-state index contributed by atoms with van der Waals surface area (Å²) >= 11 is 0. The molecule has 0 spiro atoms. The predicted octanol–water partition coefficient (Wildman–Crippen LogP) is 3.94. The summed E-state index contributed by atoms with van der Waals surface area (Å²) < 4.78 is 62.1. The fourth-order valence-corrected chi connectivity index (χ4v) is 1.95. The van der Waals surface area contributed by atoms with E-state index in [0.29, 0.717) is 5.56 Å². The molecule has 0 atom stereocenters. The van der Waals surface area contributed by atoms with Gasteiger partial charge in [0.05, 0.1) is 0 Å². The van der Waals surface area contributed by atoms with Gasteiger partial charge in [0.25, 0.3) is 0 Å². The summed E-state index contributed by atoms with van der Waals surface area (Å²) in [7, 11) is 0. The lowest BCUT2D eigenvalue weighted by atomic mass is 9.86. The normalized spacial score (nSPS) is 18.6. The van der Waals surface area contributed by atoms with Crippen molar-refractivity contribution < 1.29 is 26.7 Å². The molecule has 102 valence electrons. The number of hydrogen-bond donors (Lipinski definition) is 0. The lowest BCUT2D eigenvalue weighted by Crippen LogP contribution is -2.35. The van der Waals surface area contributed by atoms with Crippen molar-refractivity contribution in [1.82, 2.24) is 0 Å². The number of Topliss-reactive ketones (excluding diaryl/α,β-unsaturated/α-hetero) is 1. The van der Waals surface area contributed by atoms with E-state index in [4.69, 9.17) is 0 Å². The van der Waals surface area contributed by atoms with Crippen LogP contribution in [-0.2, 0) is 6.42 Å². The molecule has 1 aliphatic carbocycles. The number of carbonyl (C=O) groups excluding carboxylic acids is 1. The summed E-state index contributed by atoms with van der Waals surface area (Å²) in [6, 6.07) is 6.31. The fourth-order valence-electron chi connectivity index (χ4n) is 1.95. The van der Waals surface area contributed by atoms with Crippen LogP contribution in [0.5, 0.6) is 0 Å². The maximum absolute atomic E-state index is 12.9. The topological polar surface area (TPSA) is 17.1 Å². The highest BCUT2D eigenvalue weighted by atomic mass is 19.4. The van der Waals surface area contributed by atoms with Gasteiger partial charge in [0.15, 0.2) is 5.78 Å². The van der Waals surface area contributed by atoms with Gasteiger partial charge in [0.2, 0.25) is 0 Å². The minimum Gasteiger partial charge on any atom is -0.289 e.